The Morgan fingerprint density at radius 2 is 1.97 bits per heavy atom. The molecular formula is C20H21N5O3S. The van der Waals surface area contributed by atoms with Crippen LogP contribution in [-0.4, -0.2) is 43.8 Å². The van der Waals surface area contributed by atoms with Crippen molar-refractivity contribution in [3.05, 3.63) is 54.1 Å². The third kappa shape index (κ3) is 5.20. The van der Waals surface area contributed by atoms with Crippen LogP contribution < -0.4 is 10.1 Å². The van der Waals surface area contributed by atoms with Crippen LogP contribution in [0.3, 0.4) is 0 Å². The zero-order chi connectivity index (χ0) is 20.8. The highest BCUT2D eigenvalue weighted by Gasteiger charge is 2.19. The van der Waals surface area contributed by atoms with Crippen molar-refractivity contribution in [3.8, 4) is 11.4 Å². The molecular weight excluding hydrogens is 390 g/mol. The third-order valence-corrected chi connectivity index (χ3v) is 5.05. The molecule has 1 heterocycles. The molecule has 0 aliphatic rings. The number of carbonyl (C=O) groups excluding carboxylic acids is 2. The number of ether oxygens (including phenoxy) is 1. The molecule has 0 saturated heterocycles. The lowest BCUT2D eigenvalue weighted by Gasteiger charge is -2.12. The maximum atomic E-state index is 12.6. The summed E-state index contributed by atoms with van der Waals surface area (Å²) < 4.78 is 7.01. The summed E-state index contributed by atoms with van der Waals surface area (Å²) in [6.07, 6.45) is 0. The second-order valence-corrected chi connectivity index (χ2v) is 7.49. The number of rotatable bonds is 8. The van der Waals surface area contributed by atoms with Crippen LogP contribution in [0.4, 0.5) is 5.69 Å². The standard InChI is InChI=1S/C20H21N5O3S/c1-4-28-18-10-8-17(9-11-18)25-20(22-23-24-25)29-14(3)19(27)21-16-7-5-6-15(12-16)13(2)26/h5-12,14H,4H2,1-3H3,(H,21,27)/t14-/m0/s1. The molecule has 1 aromatic heterocycles. The second-order valence-electron chi connectivity index (χ2n) is 6.19. The molecule has 0 spiro atoms. The fourth-order valence-electron chi connectivity index (χ4n) is 2.54. The van der Waals surface area contributed by atoms with E-state index >= 15 is 0 Å². The molecule has 150 valence electrons. The van der Waals surface area contributed by atoms with Gasteiger partial charge < -0.3 is 10.1 Å². The third-order valence-electron chi connectivity index (χ3n) is 4.02. The van der Waals surface area contributed by atoms with Crippen LogP contribution in [0.15, 0.2) is 53.7 Å². The maximum absolute atomic E-state index is 12.6. The lowest BCUT2D eigenvalue weighted by molar-refractivity contribution is -0.115. The molecule has 0 bridgehead atoms. The predicted molar refractivity (Wildman–Crippen MR) is 111 cm³/mol. The zero-order valence-corrected chi connectivity index (χ0v) is 17.1. The predicted octanol–water partition coefficient (Wildman–Crippen LogP) is 3.38. The summed E-state index contributed by atoms with van der Waals surface area (Å²) in [5.74, 6) is 0.495. The summed E-state index contributed by atoms with van der Waals surface area (Å²) >= 11 is 1.24. The molecule has 0 aliphatic carbocycles. The van der Waals surface area contributed by atoms with Gasteiger partial charge in [0.2, 0.25) is 11.1 Å². The average molecular weight is 411 g/mol. The Bertz CT molecular complexity index is 1000. The first-order chi connectivity index (χ1) is 14.0. The quantitative estimate of drug-likeness (QED) is 0.448. The second kappa shape index (κ2) is 9.33. The van der Waals surface area contributed by atoms with E-state index in [-0.39, 0.29) is 11.7 Å². The molecule has 1 atom stereocenters. The van der Waals surface area contributed by atoms with Gasteiger partial charge >= 0.3 is 0 Å². The van der Waals surface area contributed by atoms with Crippen molar-refractivity contribution in [2.45, 2.75) is 31.2 Å². The first-order valence-electron chi connectivity index (χ1n) is 9.08. The highest BCUT2D eigenvalue weighted by atomic mass is 32.2. The van der Waals surface area contributed by atoms with Gasteiger partial charge in [0.15, 0.2) is 5.78 Å². The van der Waals surface area contributed by atoms with Crippen molar-refractivity contribution < 1.29 is 14.3 Å². The van der Waals surface area contributed by atoms with E-state index in [1.54, 1.807) is 35.9 Å². The minimum Gasteiger partial charge on any atom is -0.494 e. The largest absolute Gasteiger partial charge is 0.494 e. The minimum absolute atomic E-state index is 0.0574. The van der Waals surface area contributed by atoms with E-state index in [0.717, 1.165) is 11.4 Å². The molecule has 0 radical (unpaired) electrons. The van der Waals surface area contributed by atoms with Crippen molar-refractivity contribution >= 4 is 29.1 Å². The summed E-state index contributed by atoms with van der Waals surface area (Å²) in [4.78, 5) is 24.1. The van der Waals surface area contributed by atoms with Crippen molar-refractivity contribution in [3.63, 3.8) is 0 Å². The Morgan fingerprint density at radius 1 is 1.21 bits per heavy atom. The smallest absolute Gasteiger partial charge is 0.237 e. The van der Waals surface area contributed by atoms with Gasteiger partial charge in [-0.1, -0.05) is 23.9 Å². The molecule has 0 aliphatic heterocycles. The fraction of sp³-hybridized carbons (Fsp3) is 0.250. The first kappa shape index (κ1) is 20.5. The number of thioether (sulfide) groups is 1. The molecule has 29 heavy (non-hydrogen) atoms. The zero-order valence-electron chi connectivity index (χ0n) is 16.3. The number of carbonyl (C=O) groups is 2. The van der Waals surface area contributed by atoms with Crippen LogP contribution in [-0.2, 0) is 4.79 Å². The lowest BCUT2D eigenvalue weighted by atomic mass is 10.1. The van der Waals surface area contributed by atoms with Gasteiger partial charge in [0.05, 0.1) is 17.5 Å². The molecule has 3 rings (SSSR count). The number of anilines is 1. The number of tetrazole rings is 1. The minimum atomic E-state index is -0.455. The molecule has 3 aromatic rings. The van der Waals surface area contributed by atoms with Crippen LogP contribution in [0.25, 0.3) is 5.69 Å². The van der Waals surface area contributed by atoms with Crippen LogP contribution in [0.5, 0.6) is 5.75 Å². The molecule has 0 fully saturated rings. The molecule has 2 aromatic carbocycles. The van der Waals surface area contributed by atoms with Crippen LogP contribution in [0.2, 0.25) is 0 Å². The highest BCUT2D eigenvalue weighted by Crippen LogP contribution is 2.25. The first-order valence-corrected chi connectivity index (χ1v) is 9.96. The van der Waals surface area contributed by atoms with Gasteiger partial charge in [0, 0.05) is 11.3 Å². The number of nitrogens with zero attached hydrogens (tertiary/aromatic N) is 4. The van der Waals surface area contributed by atoms with Gasteiger partial charge in [-0.25, -0.2) is 0 Å². The summed E-state index contributed by atoms with van der Waals surface area (Å²) in [5, 5.41) is 14.6. The van der Waals surface area contributed by atoms with Gasteiger partial charge in [0.25, 0.3) is 0 Å². The number of ketones is 1. The molecule has 1 amide bonds. The highest BCUT2D eigenvalue weighted by molar-refractivity contribution is 8.00. The monoisotopic (exact) mass is 411 g/mol. The van der Waals surface area contributed by atoms with Gasteiger partial charge in [-0.15, -0.1) is 5.10 Å². The van der Waals surface area contributed by atoms with Crippen molar-refractivity contribution in [1.82, 2.24) is 20.2 Å². The molecule has 9 heteroatoms. The van der Waals surface area contributed by atoms with E-state index < -0.39 is 5.25 Å². The van der Waals surface area contributed by atoms with Gasteiger partial charge in [0.1, 0.15) is 5.75 Å². The Labute approximate surface area is 172 Å². The van der Waals surface area contributed by atoms with E-state index in [2.05, 4.69) is 20.8 Å². The lowest BCUT2D eigenvalue weighted by Crippen LogP contribution is -2.23. The van der Waals surface area contributed by atoms with Gasteiger partial charge in [-0.3, -0.25) is 9.59 Å². The van der Waals surface area contributed by atoms with Crippen LogP contribution >= 0.6 is 11.8 Å². The molecule has 0 unspecified atom stereocenters. The number of Topliss-reactive ketones (excluding diaryl/α,β-unsaturated/α-hetero) is 1. The Balaban J connectivity index is 1.69. The van der Waals surface area contributed by atoms with E-state index in [1.165, 1.54) is 18.7 Å². The number of hydrogen-bond acceptors (Lipinski definition) is 7. The number of nitrogens with one attached hydrogen (secondary N) is 1. The Hall–Kier alpha value is -3.20. The summed E-state index contributed by atoms with van der Waals surface area (Å²) in [6, 6.07) is 14.2. The maximum Gasteiger partial charge on any atom is 0.237 e. The summed E-state index contributed by atoms with van der Waals surface area (Å²) in [5.41, 5.74) is 1.88. The van der Waals surface area contributed by atoms with Crippen LogP contribution in [0.1, 0.15) is 31.1 Å². The van der Waals surface area contributed by atoms with Gasteiger partial charge in [-0.05, 0) is 67.6 Å². The van der Waals surface area contributed by atoms with E-state index in [0.29, 0.717) is 23.0 Å². The van der Waals surface area contributed by atoms with Gasteiger partial charge in [-0.2, -0.15) is 4.68 Å². The number of hydrogen-bond donors (Lipinski definition) is 1. The Morgan fingerprint density at radius 3 is 2.66 bits per heavy atom. The average Bonchev–Trinajstić information content (AvgIpc) is 3.17. The fourth-order valence-corrected chi connectivity index (χ4v) is 3.34. The molecule has 0 saturated carbocycles. The number of amides is 1. The molecule has 1 N–H and O–H groups in total. The van der Waals surface area contributed by atoms with E-state index in [9.17, 15) is 9.59 Å². The topological polar surface area (TPSA) is 99.0 Å². The number of aromatic nitrogens is 4. The molecule has 8 nitrogen and oxygen atoms in total. The van der Waals surface area contributed by atoms with Crippen molar-refractivity contribution in [1.29, 1.82) is 0 Å². The van der Waals surface area contributed by atoms with E-state index in [4.69, 9.17) is 4.74 Å². The normalized spacial score (nSPS) is 11.7. The van der Waals surface area contributed by atoms with Crippen molar-refractivity contribution in [2.24, 2.45) is 0 Å². The summed E-state index contributed by atoms with van der Waals surface area (Å²) in [6.45, 7) is 5.77. The van der Waals surface area contributed by atoms with Crippen LogP contribution in [0, 0.1) is 0 Å². The Kier molecular flexibility index (Phi) is 6.61. The number of benzene rings is 2. The van der Waals surface area contributed by atoms with E-state index in [1.807, 2.05) is 31.2 Å². The van der Waals surface area contributed by atoms with Crippen molar-refractivity contribution in [2.75, 3.05) is 11.9 Å². The summed E-state index contributed by atoms with van der Waals surface area (Å²) in [7, 11) is 0. The SMILES string of the molecule is CCOc1ccc(-n2nnnc2S[C@@H](C)C(=O)Nc2cccc(C(C)=O)c2)cc1.